The van der Waals surface area contributed by atoms with Crippen molar-refractivity contribution in [3.8, 4) is 0 Å². The normalized spacial score (nSPS) is 12.1. The van der Waals surface area contributed by atoms with Crippen LogP contribution in [-0.2, 0) is 10.0 Å². The van der Waals surface area contributed by atoms with E-state index >= 15 is 0 Å². The summed E-state index contributed by atoms with van der Waals surface area (Å²) in [6, 6.07) is 4.85. The highest BCUT2D eigenvalue weighted by atomic mass is 79.9. The topological polar surface area (TPSA) is 72.2 Å². The van der Waals surface area contributed by atoms with Crippen molar-refractivity contribution in [2.24, 2.45) is 5.73 Å². The van der Waals surface area contributed by atoms with Crippen molar-refractivity contribution in [2.45, 2.75) is 37.1 Å². The van der Waals surface area contributed by atoms with Crippen LogP contribution in [0.1, 0.15) is 26.7 Å². The molecule has 4 nitrogen and oxygen atoms in total. The first-order chi connectivity index (χ1) is 8.75. The monoisotopic (exact) mass is 404 g/mol. The number of nitrogens with one attached hydrogen (secondary N) is 1. The molecule has 1 rings (SSSR count). The molecule has 0 fully saturated rings. The van der Waals surface area contributed by atoms with Gasteiger partial charge in [-0.15, -0.1) is 12.4 Å². The summed E-state index contributed by atoms with van der Waals surface area (Å²) < 4.78 is 27.5. The molecule has 0 atom stereocenters. The third-order valence-corrected chi connectivity index (χ3v) is 6.06. The van der Waals surface area contributed by atoms with Crippen LogP contribution in [0.25, 0.3) is 0 Å². The number of halogens is 3. The molecule has 0 radical (unpaired) electrons. The van der Waals surface area contributed by atoms with E-state index in [2.05, 4.69) is 20.7 Å². The van der Waals surface area contributed by atoms with E-state index in [9.17, 15) is 8.42 Å². The third kappa shape index (κ3) is 4.86. The zero-order chi connectivity index (χ0) is 14.7. The lowest BCUT2D eigenvalue weighted by molar-refractivity contribution is 0.391. The molecule has 0 saturated heterocycles. The summed E-state index contributed by atoms with van der Waals surface area (Å²) in [7, 11) is -3.68. The third-order valence-electron chi connectivity index (χ3n) is 3.21. The zero-order valence-corrected chi connectivity index (χ0v) is 15.3. The Bertz CT molecular complexity index is 528. The molecular formula is C12H19BrCl2N2O2S. The van der Waals surface area contributed by atoms with Gasteiger partial charge >= 0.3 is 0 Å². The highest BCUT2D eigenvalue weighted by Crippen LogP contribution is 2.29. The van der Waals surface area contributed by atoms with E-state index in [-0.39, 0.29) is 28.9 Å². The first-order valence-corrected chi connectivity index (χ1v) is 8.63. The van der Waals surface area contributed by atoms with Gasteiger partial charge < -0.3 is 5.73 Å². The molecule has 1 aromatic rings. The maximum absolute atomic E-state index is 12.3. The Hall–Kier alpha value is 0.150. The van der Waals surface area contributed by atoms with E-state index in [1.165, 1.54) is 6.07 Å². The van der Waals surface area contributed by atoms with Crippen molar-refractivity contribution in [1.82, 2.24) is 4.72 Å². The molecule has 0 spiro atoms. The SMILES string of the molecule is CCC(N)(CC)CNS(=O)(=O)c1c(Cl)cccc1Br.Cl. The maximum atomic E-state index is 12.3. The van der Waals surface area contributed by atoms with Gasteiger partial charge in [0.25, 0.3) is 0 Å². The van der Waals surface area contributed by atoms with Crippen LogP contribution < -0.4 is 10.5 Å². The molecule has 0 aliphatic carbocycles. The maximum Gasteiger partial charge on any atom is 0.243 e. The predicted molar refractivity (Wildman–Crippen MR) is 89.1 cm³/mol. The van der Waals surface area contributed by atoms with Crippen molar-refractivity contribution < 1.29 is 8.42 Å². The van der Waals surface area contributed by atoms with E-state index in [0.29, 0.717) is 17.3 Å². The minimum Gasteiger partial charge on any atom is -0.324 e. The Morgan fingerprint density at radius 3 is 2.35 bits per heavy atom. The van der Waals surface area contributed by atoms with Crippen LogP contribution in [0.15, 0.2) is 27.6 Å². The Labute approximate surface area is 140 Å². The summed E-state index contributed by atoms with van der Waals surface area (Å²) in [6.07, 6.45) is 1.38. The zero-order valence-electron chi connectivity index (χ0n) is 11.3. The number of sulfonamides is 1. The van der Waals surface area contributed by atoms with Gasteiger partial charge in [0.15, 0.2) is 0 Å². The van der Waals surface area contributed by atoms with E-state index < -0.39 is 15.6 Å². The second-order valence-electron chi connectivity index (χ2n) is 4.44. The summed E-state index contributed by atoms with van der Waals surface area (Å²) >= 11 is 9.15. The highest BCUT2D eigenvalue weighted by Gasteiger charge is 2.26. The lowest BCUT2D eigenvalue weighted by Gasteiger charge is -2.26. The number of nitrogens with two attached hydrogens (primary N) is 1. The summed E-state index contributed by atoms with van der Waals surface area (Å²) in [5.41, 5.74) is 5.55. The lowest BCUT2D eigenvalue weighted by atomic mass is 9.95. The molecule has 0 amide bonds. The van der Waals surface area contributed by atoms with Crippen molar-refractivity contribution in [3.05, 3.63) is 27.7 Å². The van der Waals surface area contributed by atoms with Crippen molar-refractivity contribution in [1.29, 1.82) is 0 Å². The molecule has 0 aliphatic heterocycles. The fourth-order valence-electron chi connectivity index (χ4n) is 1.55. The second-order valence-corrected chi connectivity index (χ2v) is 7.41. The van der Waals surface area contributed by atoms with Crippen LogP contribution in [0, 0.1) is 0 Å². The molecular weight excluding hydrogens is 387 g/mol. The molecule has 0 saturated carbocycles. The van der Waals surface area contributed by atoms with Crippen LogP contribution in [0.2, 0.25) is 5.02 Å². The Morgan fingerprint density at radius 1 is 1.35 bits per heavy atom. The minimum absolute atomic E-state index is 0. The first-order valence-electron chi connectivity index (χ1n) is 5.98. The molecule has 0 unspecified atom stereocenters. The molecule has 0 heterocycles. The summed E-state index contributed by atoms with van der Waals surface area (Å²) in [6.45, 7) is 4.05. The van der Waals surface area contributed by atoms with Crippen LogP contribution >= 0.6 is 39.9 Å². The highest BCUT2D eigenvalue weighted by molar-refractivity contribution is 9.10. The molecule has 0 aromatic heterocycles. The van der Waals surface area contributed by atoms with Crippen molar-refractivity contribution in [2.75, 3.05) is 6.54 Å². The molecule has 3 N–H and O–H groups in total. The first kappa shape index (κ1) is 20.1. The fraction of sp³-hybridized carbons (Fsp3) is 0.500. The van der Waals surface area contributed by atoms with Gasteiger partial charge in [-0.3, -0.25) is 0 Å². The van der Waals surface area contributed by atoms with Crippen LogP contribution in [0.4, 0.5) is 0 Å². The number of hydrogen-bond acceptors (Lipinski definition) is 3. The number of benzene rings is 1. The van der Waals surface area contributed by atoms with E-state index in [0.717, 1.165) is 0 Å². The summed E-state index contributed by atoms with van der Waals surface area (Å²) in [5.74, 6) is 0. The van der Waals surface area contributed by atoms with Gasteiger partial charge in [0.1, 0.15) is 4.90 Å². The fourth-order valence-corrected chi connectivity index (χ4v) is 4.42. The van der Waals surface area contributed by atoms with Gasteiger partial charge in [-0.1, -0.05) is 31.5 Å². The molecule has 0 bridgehead atoms. The lowest BCUT2D eigenvalue weighted by Crippen LogP contribution is -2.49. The average Bonchev–Trinajstić information content (AvgIpc) is 2.35. The molecule has 1 aromatic carbocycles. The minimum atomic E-state index is -3.68. The van der Waals surface area contributed by atoms with Gasteiger partial charge in [-0.05, 0) is 40.9 Å². The molecule has 0 aliphatic rings. The largest absolute Gasteiger partial charge is 0.324 e. The summed E-state index contributed by atoms with van der Waals surface area (Å²) in [4.78, 5) is 0.0474. The van der Waals surface area contributed by atoms with E-state index in [4.69, 9.17) is 17.3 Å². The van der Waals surface area contributed by atoms with Crippen molar-refractivity contribution in [3.63, 3.8) is 0 Å². The smallest absolute Gasteiger partial charge is 0.243 e. The van der Waals surface area contributed by atoms with Gasteiger partial charge in [-0.2, -0.15) is 0 Å². The molecule has 116 valence electrons. The van der Waals surface area contributed by atoms with Gasteiger partial charge in [0, 0.05) is 16.6 Å². The van der Waals surface area contributed by atoms with Crippen molar-refractivity contribution >= 4 is 50.0 Å². The van der Waals surface area contributed by atoms with E-state index in [1.807, 2.05) is 13.8 Å². The molecule has 20 heavy (non-hydrogen) atoms. The standard InChI is InChI=1S/C12H18BrClN2O2S.ClH/c1-3-12(15,4-2)8-16-19(17,18)11-9(13)6-5-7-10(11)14;/h5-7,16H,3-4,8,15H2,1-2H3;1H. The number of rotatable bonds is 6. The van der Waals surface area contributed by atoms with E-state index in [1.54, 1.807) is 12.1 Å². The quantitative estimate of drug-likeness (QED) is 0.762. The van der Waals surface area contributed by atoms with Gasteiger partial charge in [0.05, 0.1) is 5.02 Å². The Balaban J connectivity index is 0.00000361. The van der Waals surface area contributed by atoms with Crippen LogP contribution in [0.3, 0.4) is 0 Å². The second kappa shape index (κ2) is 7.96. The molecule has 8 heteroatoms. The number of hydrogen-bond donors (Lipinski definition) is 2. The van der Waals surface area contributed by atoms with Gasteiger partial charge in [-0.25, -0.2) is 13.1 Å². The summed E-state index contributed by atoms with van der Waals surface area (Å²) in [5, 5.41) is 0.178. The van der Waals surface area contributed by atoms with Crippen LogP contribution in [0.5, 0.6) is 0 Å². The predicted octanol–water partition coefficient (Wildman–Crippen LogP) is 3.32. The Morgan fingerprint density at radius 2 is 1.90 bits per heavy atom. The average molecular weight is 406 g/mol. The van der Waals surface area contributed by atoms with Crippen LogP contribution in [-0.4, -0.2) is 20.5 Å². The van der Waals surface area contributed by atoms with Gasteiger partial charge in [0.2, 0.25) is 10.0 Å². The Kier molecular flexibility index (Phi) is 8.02.